The van der Waals surface area contributed by atoms with Gasteiger partial charge in [-0.15, -0.1) is 11.3 Å². The van der Waals surface area contributed by atoms with Gasteiger partial charge in [0.2, 0.25) is 0 Å². The van der Waals surface area contributed by atoms with Crippen LogP contribution in [0.5, 0.6) is 5.75 Å². The number of nitrogens with zero attached hydrogens (tertiary/aromatic N) is 2. The van der Waals surface area contributed by atoms with Gasteiger partial charge in [0.25, 0.3) is 5.56 Å². The highest BCUT2D eigenvalue weighted by atomic mass is 32.1. The van der Waals surface area contributed by atoms with Gasteiger partial charge in [-0.25, -0.2) is 9.78 Å². The fraction of sp³-hybridized carbons (Fsp3) is 0.435. The number of esters is 1. The van der Waals surface area contributed by atoms with Crippen LogP contribution in [0.25, 0.3) is 10.2 Å². The van der Waals surface area contributed by atoms with Crippen molar-refractivity contribution in [3.05, 3.63) is 56.4 Å². The van der Waals surface area contributed by atoms with E-state index in [1.807, 2.05) is 12.1 Å². The molecule has 0 radical (unpaired) electrons. The minimum Gasteiger partial charge on any atom is -0.497 e. The summed E-state index contributed by atoms with van der Waals surface area (Å²) in [6, 6.07) is 8.48. The second-order valence-electron chi connectivity index (χ2n) is 7.85. The van der Waals surface area contributed by atoms with Crippen LogP contribution in [0.2, 0.25) is 0 Å². The highest BCUT2D eigenvalue weighted by Gasteiger charge is 2.25. The van der Waals surface area contributed by atoms with Gasteiger partial charge < -0.3 is 14.5 Å². The second kappa shape index (κ2) is 9.20. The van der Waals surface area contributed by atoms with E-state index in [0.29, 0.717) is 33.0 Å². The number of methoxy groups -OCH3 is 2. The molecule has 0 bridgehead atoms. The van der Waals surface area contributed by atoms with Crippen LogP contribution in [0.15, 0.2) is 29.1 Å². The molecule has 1 aromatic carbocycles. The number of nitrogens with one attached hydrogen (secondary N) is 1. The van der Waals surface area contributed by atoms with Gasteiger partial charge in [-0.2, -0.15) is 0 Å². The van der Waals surface area contributed by atoms with Crippen molar-refractivity contribution in [2.45, 2.75) is 45.2 Å². The number of benzene rings is 1. The van der Waals surface area contributed by atoms with Gasteiger partial charge in [-0.1, -0.05) is 25.0 Å². The summed E-state index contributed by atoms with van der Waals surface area (Å²) in [6.45, 7) is 3.25. The number of hydrogen-bond donors (Lipinski definition) is 1. The molecular weight excluding hydrogens is 414 g/mol. The SMILES string of the molecule is COC(=O)c1sc2nc(CN3CCCCCC3c3ccc(OC)cc3)[nH]c(=O)c2c1C. The lowest BCUT2D eigenvalue weighted by molar-refractivity contribution is 0.0605. The van der Waals surface area contributed by atoms with Crippen molar-refractivity contribution in [3.8, 4) is 5.75 Å². The van der Waals surface area contributed by atoms with Gasteiger partial charge in [0.05, 0.1) is 26.2 Å². The zero-order chi connectivity index (χ0) is 22.0. The molecule has 1 saturated heterocycles. The zero-order valence-electron chi connectivity index (χ0n) is 18.1. The molecule has 0 amide bonds. The van der Waals surface area contributed by atoms with Gasteiger partial charge in [-0.3, -0.25) is 9.69 Å². The fourth-order valence-electron chi connectivity index (χ4n) is 4.30. The first-order valence-corrected chi connectivity index (χ1v) is 11.3. The summed E-state index contributed by atoms with van der Waals surface area (Å²) in [4.78, 5) is 35.9. The maximum atomic E-state index is 12.8. The summed E-state index contributed by atoms with van der Waals surface area (Å²) in [5.74, 6) is 1.03. The molecule has 0 aliphatic carbocycles. The standard InChI is InChI=1S/C23H27N3O4S/c1-14-19-21(27)24-18(25-22(19)31-20(14)23(28)30-3)13-26-12-6-4-5-7-17(26)15-8-10-16(29-2)11-9-15/h8-11,17H,4-7,12-13H2,1-3H3,(H,24,25,27). The van der Waals surface area contributed by atoms with Gasteiger partial charge in [0.15, 0.2) is 0 Å². The molecule has 1 fully saturated rings. The van der Waals surface area contributed by atoms with Crippen molar-refractivity contribution in [2.24, 2.45) is 0 Å². The zero-order valence-corrected chi connectivity index (χ0v) is 18.9. The molecule has 1 aliphatic rings. The Morgan fingerprint density at radius 2 is 2.00 bits per heavy atom. The van der Waals surface area contributed by atoms with Crippen molar-refractivity contribution in [1.29, 1.82) is 0 Å². The lowest BCUT2D eigenvalue weighted by Gasteiger charge is -2.30. The van der Waals surface area contributed by atoms with Crippen molar-refractivity contribution in [2.75, 3.05) is 20.8 Å². The largest absolute Gasteiger partial charge is 0.497 e. The Bertz CT molecular complexity index is 1140. The Labute approximate surface area is 185 Å². The number of carbonyl (C=O) groups is 1. The first-order valence-electron chi connectivity index (χ1n) is 10.5. The normalized spacial score (nSPS) is 17.5. The van der Waals surface area contributed by atoms with Crippen LogP contribution < -0.4 is 10.3 Å². The highest BCUT2D eigenvalue weighted by Crippen LogP contribution is 2.32. The molecule has 8 heteroatoms. The van der Waals surface area contributed by atoms with Gasteiger partial charge >= 0.3 is 5.97 Å². The van der Waals surface area contributed by atoms with E-state index in [1.165, 1.54) is 36.9 Å². The summed E-state index contributed by atoms with van der Waals surface area (Å²) >= 11 is 1.21. The number of hydrogen-bond acceptors (Lipinski definition) is 7. The number of aromatic amines is 1. The number of carbonyl (C=O) groups excluding carboxylic acids is 1. The van der Waals surface area contributed by atoms with Crippen LogP contribution in [-0.4, -0.2) is 41.6 Å². The number of thiophene rings is 1. The average molecular weight is 442 g/mol. The van der Waals surface area contributed by atoms with Crippen molar-refractivity contribution in [3.63, 3.8) is 0 Å². The molecule has 1 N–H and O–H groups in total. The Morgan fingerprint density at radius 3 is 2.71 bits per heavy atom. The van der Waals surface area contributed by atoms with Crippen LogP contribution in [0.4, 0.5) is 0 Å². The van der Waals surface area contributed by atoms with Crippen LogP contribution in [0, 0.1) is 6.92 Å². The first kappa shape index (κ1) is 21.5. The molecule has 0 spiro atoms. The molecule has 0 saturated carbocycles. The summed E-state index contributed by atoms with van der Waals surface area (Å²) in [5, 5.41) is 0.469. The topological polar surface area (TPSA) is 84.5 Å². The maximum Gasteiger partial charge on any atom is 0.348 e. The van der Waals surface area contributed by atoms with Gasteiger partial charge in [0.1, 0.15) is 21.3 Å². The molecule has 3 aromatic rings. The number of fused-ring (bicyclic) bond motifs is 1. The van der Waals surface area contributed by atoms with Crippen LogP contribution >= 0.6 is 11.3 Å². The monoisotopic (exact) mass is 441 g/mol. The van der Waals surface area contributed by atoms with Crippen LogP contribution in [0.3, 0.4) is 0 Å². The van der Waals surface area contributed by atoms with Gasteiger partial charge in [-0.05, 0) is 49.6 Å². The first-order chi connectivity index (χ1) is 15.0. The molecule has 7 nitrogen and oxygen atoms in total. The fourth-order valence-corrected chi connectivity index (χ4v) is 5.42. The molecule has 1 atom stereocenters. The smallest absolute Gasteiger partial charge is 0.348 e. The maximum absolute atomic E-state index is 12.8. The minimum atomic E-state index is -0.437. The molecule has 1 aliphatic heterocycles. The number of aryl methyl sites for hydroxylation is 1. The number of likely N-dealkylation sites (tertiary alicyclic amines) is 1. The minimum absolute atomic E-state index is 0.209. The molecule has 31 heavy (non-hydrogen) atoms. The van der Waals surface area contributed by atoms with Crippen molar-refractivity contribution in [1.82, 2.24) is 14.9 Å². The third kappa shape index (κ3) is 4.36. The van der Waals surface area contributed by atoms with Crippen LogP contribution in [0.1, 0.15) is 58.3 Å². The lowest BCUT2D eigenvalue weighted by Crippen LogP contribution is -2.30. The van der Waals surface area contributed by atoms with Crippen LogP contribution in [-0.2, 0) is 11.3 Å². The summed E-state index contributed by atoms with van der Waals surface area (Å²) in [6.07, 6.45) is 4.54. The lowest BCUT2D eigenvalue weighted by atomic mass is 10.0. The molecular formula is C23H27N3O4S. The van der Waals surface area contributed by atoms with E-state index in [4.69, 9.17) is 14.5 Å². The number of ether oxygens (including phenoxy) is 2. The summed E-state index contributed by atoms with van der Waals surface area (Å²) in [7, 11) is 3.01. The number of aromatic nitrogens is 2. The Morgan fingerprint density at radius 1 is 1.23 bits per heavy atom. The molecule has 2 aromatic heterocycles. The van der Waals surface area contributed by atoms with E-state index in [2.05, 4.69) is 22.0 Å². The van der Waals surface area contributed by atoms with Gasteiger partial charge in [0, 0.05) is 6.04 Å². The van der Waals surface area contributed by atoms with E-state index < -0.39 is 5.97 Å². The van der Waals surface area contributed by atoms with Crippen molar-refractivity contribution >= 4 is 27.5 Å². The Kier molecular flexibility index (Phi) is 6.38. The Hall–Kier alpha value is -2.71. The van der Waals surface area contributed by atoms with E-state index in [1.54, 1.807) is 14.0 Å². The second-order valence-corrected chi connectivity index (χ2v) is 8.85. The van der Waals surface area contributed by atoms with Crippen molar-refractivity contribution < 1.29 is 14.3 Å². The molecule has 164 valence electrons. The average Bonchev–Trinajstić information content (AvgIpc) is 2.95. The number of H-pyrrole nitrogens is 1. The predicted octanol–water partition coefficient (Wildman–Crippen LogP) is 4.21. The third-order valence-electron chi connectivity index (χ3n) is 5.94. The number of rotatable bonds is 5. The molecule has 1 unspecified atom stereocenters. The summed E-state index contributed by atoms with van der Waals surface area (Å²) in [5.41, 5.74) is 1.66. The third-order valence-corrected chi connectivity index (χ3v) is 7.10. The van der Waals surface area contributed by atoms with E-state index in [-0.39, 0.29) is 11.6 Å². The quantitative estimate of drug-likeness (QED) is 0.597. The predicted molar refractivity (Wildman–Crippen MR) is 121 cm³/mol. The van der Waals surface area contributed by atoms with E-state index in [9.17, 15) is 9.59 Å². The van der Waals surface area contributed by atoms with E-state index in [0.717, 1.165) is 25.1 Å². The molecule has 3 heterocycles. The van der Waals surface area contributed by atoms with E-state index >= 15 is 0 Å². The summed E-state index contributed by atoms with van der Waals surface area (Å²) < 4.78 is 10.1. The Balaban J connectivity index is 1.66. The molecule has 4 rings (SSSR count). The highest BCUT2D eigenvalue weighted by molar-refractivity contribution is 7.20.